The average Bonchev–Trinajstić information content (AvgIpc) is 2.15. The number of esters is 1. The van der Waals surface area contributed by atoms with Crippen molar-refractivity contribution in [3.8, 4) is 0 Å². The zero-order valence-electron chi connectivity index (χ0n) is 11.7. The van der Waals surface area contributed by atoms with Gasteiger partial charge in [0.2, 0.25) is 0 Å². The van der Waals surface area contributed by atoms with Gasteiger partial charge < -0.3 is 10.1 Å². The van der Waals surface area contributed by atoms with Crippen molar-refractivity contribution >= 4 is 5.97 Å². The van der Waals surface area contributed by atoms with Crippen LogP contribution in [0.3, 0.4) is 0 Å². The van der Waals surface area contributed by atoms with Crippen molar-refractivity contribution in [2.24, 2.45) is 0 Å². The molecule has 100 valence electrons. The van der Waals surface area contributed by atoms with E-state index in [1.165, 1.54) is 32.1 Å². The molecular weight excluding hydrogens is 214 g/mol. The highest BCUT2D eigenvalue weighted by Gasteiger charge is 2.20. The van der Waals surface area contributed by atoms with Crippen LogP contribution in [-0.2, 0) is 9.53 Å². The fourth-order valence-corrected chi connectivity index (χ4v) is 2.36. The van der Waals surface area contributed by atoms with Crippen molar-refractivity contribution in [2.45, 2.75) is 83.9 Å². The standard InChI is InChI=1S/C14H27NO2/c1-11(10-13(16)17-14(2,3)4)15-12-8-6-5-7-9-12/h11-12,15H,5-10H2,1-4H3/t11-/m1/s1. The number of hydrogen-bond donors (Lipinski definition) is 1. The molecule has 0 unspecified atom stereocenters. The summed E-state index contributed by atoms with van der Waals surface area (Å²) < 4.78 is 5.32. The molecule has 0 bridgehead atoms. The lowest BCUT2D eigenvalue weighted by atomic mass is 9.95. The van der Waals surface area contributed by atoms with E-state index in [0.29, 0.717) is 12.5 Å². The van der Waals surface area contributed by atoms with Gasteiger partial charge in [-0.1, -0.05) is 19.3 Å². The molecule has 0 amide bonds. The molecule has 0 aliphatic heterocycles. The van der Waals surface area contributed by atoms with E-state index in [1.54, 1.807) is 0 Å². The molecule has 3 heteroatoms. The molecule has 1 aliphatic carbocycles. The predicted octanol–water partition coefficient (Wildman–Crippen LogP) is 3.03. The summed E-state index contributed by atoms with van der Waals surface area (Å²) in [6.07, 6.45) is 6.96. The van der Waals surface area contributed by atoms with Crippen LogP contribution in [0.15, 0.2) is 0 Å². The summed E-state index contributed by atoms with van der Waals surface area (Å²) in [4.78, 5) is 11.6. The van der Waals surface area contributed by atoms with E-state index in [0.717, 1.165) is 0 Å². The van der Waals surface area contributed by atoms with Gasteiger partial charge in [-0.25, -0.2) is 0 Å². The van der Waals surface area contributed by atoms with Crippen molar-refractivity contribution in [3.63, 3.8) is 0 Å². The second kappa shape index (κ2) is 6.39. The molecule has 0 aromatic heterocycles. The van der Waals surface area contributed by atoms with Crippen molar-refractivity contribution in [1.82, 2.24) is 5.32 Å². The lowest BCUT2D eigenvalue weighted by molar-refractivity contribution is -0.155. The van der Waals surface area contributed by atoms with Gasteiger partial charge in [0, 0.05) is 12.1 Å². The minimum atomic E-state index is -0.373. The summed E-state index contributed by atoms with van der Waals surface area (Å²) in [7, 11) is 0. The predicted molar refractivity (Wildman–Crippen MR) is 69.9 cm³/mol. The summed E-state index contributed by atoms with van der Waals surface area (Å²) in [6, 6.07) is 0.814. The summed E-state index contributed by atoms with van der Waals surface area (Å²) in [5, 5.41) is 3.53. The van der Waals surface area contributed by atoms with Gasteiger partial charge in [-0.15, -0.1) is 0 Å². The van der Waals surface area contributed by atoms with Gasteiger partial charge in [0.15, 0.2) is 0 Å². The van der Waals surface area contributed by atoms with Crippen LogP contribution < -0.4 is 5.32 Å². The minimum absolute atomic E-state index is 0.103. The molecule has 0 saturated heterocycles. The molecule has 17 heavy (non-hydrogen) atoms. The quantitative estimate of drug-likeness (QED) is 0.769. The average molecular weight is 241 g/mol. The molecule has 1 saturated carbocycles. The van der Waals surface area contributed by atoms with E-state index >= 15 is 0 Å². The van der Waals surface area contributed by atoms with E-state index in [4.69, 9.17) is 4.74 Å². The lowest BCUT2D eigenvalue weighted by Gasteiger charge is -2.27. The third-order valence-electron chi connectivity index (χ3n) is 3.02. The Bertz CT molecular complexity index is 239. The first-order valence-electron chi connectivity index (χ1n) is 6.85. The maximum absolute atomic E-state index is 11.6. The second-order valence-corrected chi connectivity index (χ2v) is 6.19. The van der Waals surface area contributed by atoms with Crippen LogP contribution in [0.4, 0.5) is 0 Å². The normalized spacial score (nSPS) is 20.0. The van der Waals surface area contributed by atoms with E-state index in [-0.39, 0.29) is 17.6 Å². The van der Waals surface area contributed by atoms with Crippen LogP contribution in [0.5, 0.6) is 0 Å². The van der Waals surface area contributed by atoms with Crippen molar-refractivity contribution in [2.75, 3.05) is 0 Å². The number of carbonyl (C=O) groups excluding carboxylic acids is 1. The monoisotopic (exact) mass is 241 g/mol. The Morgan fingerprint density at radius 3 is 2.41 bits per heavy atom. The van der Waals surface area contributed by atoms with E-state index in [9.17, 15) is 4.79 Å². The van der Waals surface area contributed by atoms with Gasteiger partial charge in [0.25, 0.3) is 0 Å². The first kappa shape index (κ1) is 14.5. The van der Waals surface area contributed by atoms with Gasteiger partial charge in [-0.05, 0) is 40.5 Å². The number of carbonyl (C=O) groups is 1. The molecule has 1 atom stereocenters. The minimum Gasteiger partial charge on any atom is -0.460 e. The Kier molecular flexibility index (Phi) is 5.44. The van der Waals surface area contributed by atoms with E-state index < -0.39 is 0 Å². The van der Waals surface area contributed by atoms with Gasteiger partial charge in [0.05, 0.1) is 6.42 Å². The molecule has 0 radical (unpaired) electrons. The molecule has 1 aliphatic rings. The van der Waals surface area contributed by atoms with E-state index in [1.807, 2.05) is 20.8 Å². The highest BCUT2D eigenvalue weighted by atomic mass is 16.6. The molecule has 0 spiro atoms. The molecular formula is C14H27NO2. The summed E-state index contributed by atoms with van der Waals surface area (Å²) >= 11 is 0. The zero-order chi connectivity index (χ0) is 12.9. The van der Waals surface area contributed by atoms with Crippen LogP contribution in [0.1, 0.15) is 66.2 Å². The van der Waals surface area contributed by atoms with Crippen LogP contribution in [-0.4, -0.2) is 23.7 Å². The molecule has 0 aromatic rings. The number of rotatable bonds is 4. The number of ether oxygens (including phenoxy) is 1. The Morgan fingerprint density at radius 2 is 1.88 bits per heavy atom. The van der Waals surface area contributed by atoms with Gasteiger partial charge in [-0.2, -0.15) is 0 Å². The number of nitrogens with one attached hydrogen (secondary N) is 1. The van der Waals surface area contributed by atoms with Gasteiger partial charge in [0.1, 0.15) is 5.60 Å². The van der Waals surface area contributed by atoms with Gasteiger partial charge >= 0.3 is 5.97 Å². The van der Waals surface area contributed by atoms with Crippen LogP contribution in [0.2, 0.25) is 0 Å². The Labute approximate surface area is 105 Å². The first-order valence-corrected chi connectivity index (χ1v) is 6.85. The SMILES string of the molecule is C[C@H](CC(=O)OC(C)(C)C)NC1CCCCC1. The Balaban J connectivity index is 2.23. The fourth-order valence-electron chi connectivity index (χ4n) is 2.36. The third-order valence-corrected chi connectivity index (χ3v) is 3.02. The maximum Gasteiger partial charge on any atom is 0.307 e. The third kappa shape index (κ3) is 6.67. The van der Waals surface area contributed by atoms with Crippen molar-refractivity contribution in [3.05, 3.63) is 0 Å². The Morgan fingerprint density at radius 1 is 1.29 bits per heavy atom. The molecule has 3 nitrogen and oxygen atoms in total. The molecule has 1 rings (SSSR count). The van der Waals surface area contributed by atoms with Crippen LogP contribution in [0.25, 0.3) is 0 Å². The van der Waals surface area contributed by atoms with E-state index in [2.05, 4.69) is 12.2 Å². The Hall–Kier alpha value is -0.570. The topological polar surface area (TPSA) is 38.3 Å². The highest BCUT2D eigenvalue weighted by molar-refractivity contribution is 5.70. The fraction of sp³-hybridized carbons (Fsp3) is 0.929. The first-order chi connectivity index (χ1) is 7.87. The zero-order valence-corrected chi connectivity index (χ0v) is 11.7. The molecule has 1 fully saturated rings. The van der Waals surface area contributed by atoms with Crippen LogP contribution >= 0.6 is 0 Å². The molecule has 0 heterocycles. The van der Waals surface area contributed by atoms with Crippen LogP contribution in [0, 0.1) is 0 Å². The maximum atomic E-state index is 11.6. The molecule has 0 aromatic carbocycles. The smallest absolute Gasteiger partial charge is 0.307 e. The summed E-state index contributed by atoms with van der Waals surface area (Å²) in [5.74, 6) is -0.103. The second-order valence-electron chi connectivity index (χ2n) is 6.19. The summed E-state index contributed by atoms with van der Waals surface area (Å²) in [6.45, 7) is 7.79. The number of hydrogen-bond acceptors (Lipinski definition) is 3. The van der Waals surface area contributed by atoms with Crippen molar-refractivity contribution < 1.29 is 9.53 Å². The molecule has 1 N–H and O–H groups in total. The van der Waals surface area contributed by atoms with Crippen molar-refractivity contribution in [1.29, 1.82) is 0 Å². The largest absolute Gasteiger partial charge is 0.460 e. The lowest BCUT2D eigenvalue weighted by Crippen LogP contribution is -2.39. The highest BCUT2D eigenvalue weighted by Crippen LogP contribution is 2.18. The van der Waals surface area contributed by atoms with Gasteiger partial charge in [-0.3, -0.25) is 4.79 Å². The summed E-state index contributed by atoms with van der Waals surface area (Å²) in [5.41, 5.74) is -0.373.